The molecule has 3 aromatic rings. The number of methoxy groups -OCH3 is 1. The van der Waals surface area contributed by atoms with Crippen molar-refractivity contribution in [1.29, 1.82) is 0 Å². The SMILES string of the molecule is COc1ccc(C(=O)NNC(=O)Cn2cnc3c2c(=O)n(C)c(=O)n3C)cc1. The zero-order valence-corrected chi connectivity index (χ0v) is 15.4. The molecule has 2 N–H and O–H groups in total. The van der Waals surface area contributed by atoms with Crippen LogP contribution in [0.5, 0.6) is 5.75 Å². The highest BCUT2D eigenvalue weighted by atomic mass is 16.5. The maximum atomic E-state index is 12.3. The first kappa shape index (κ1) is 18.9. The second kappa shape index (κ2) is 7.39. The average Bonchev–Trinajstić information content (AvgIpc) is 3.12. The van der Waals surface area contributed by atoms with Crippen LogP contribution < -0.4 is 26.8 Å². The summed E-state index contributed by atoms with van der Waals surface area (Å²) < 4.78 is 8.48. The molecule has 0 fully saturated rings. The van der Waals surface area contributed by atoms with E-state index in [1.807, 2.05) is 0 Å². The summed E-state index contributed by atoms with van der Waals surface area (Å²) in [6, 6.07) is 6.34. The number of carbonyl (C=O) groups excluding carboxylic acids is 2. The number of rotatable bonds is 4. The summed E-state index contributed by atoms with van der Waals surface area (Å²) in [5, 5.41) is 0. The molecule has 1 aromatic carbocycles. The number of carbonyl (C=O) groups is 2. The smallest absolute Gasteiger partial charge is 0.332 e. The van der Waals surface area contributed by atoms with E-state index in [1.54, 1.807) is 24.3 Å². The van der Waals surface area contributed by atoms with Gasteiger partial charge in [-0.05, 0) is 24.3 Å². The molecule has 0 unspecified atom stereocenters. The van der Waals surface area contributed by atoms with Gasteiger partial charge in [-0.3, -0.25) is 34.4 Å². The lowest BCUT2D eigenvalue weighted by atomic mass is 10.2. The lowest BCUT2D eigenvalue weighted by molar-refractivity contribution is -0.122. The van der Waals surface area contributed by atoms with E-state index in [-0.39, 0.29) is 17.7 Å². The summed E-state index contributed by atoms with van der Waals surface area (Å²) in [6.45, 7) is -0.271. The predicted octanol–water partition coefficient (Wildman–Crippen LogP) is -1.10. The second-order valence-corrected chi connectivity index (χ2v) is 5.98. The Kier molecular flexibility index (Phi) is 4.98. The van der Waals surface area contributed by atoms with Crippen LogP contribution in [0.1, 0.15) is 10.4 Å². The Morgan fingerprint density at radius 3 is 2.39 bits per heavy atom. The first-order chi connectivity index (χ1) is 13.3. The van der Waals surface area contributed by atoms with Crippen molar-refractivity contribution in [1.82, 2.24) is 29.5 Å². The van der Waals surface area contributed by atoms with Gasteiger partial charge in [0.25, 0.3) is 17.4 Å². The van der Waals surface area contributed by atoms with E-state index >= 15 is 0 Å². The zero-order chi connectivity index (χ0) is 20.4. The fraction of sp³-hybridized carbons (Fsp3) is 0.235. The van der Waals surface area contributed by atoms with Gasteiger partial charge in [-0.1, -0.05) is 0 Å². The van der Waals surface area contributed by atoms with Gasteiger partial charge in [0.05, 0.1) is 13.4 Å². The maximum Gasteiger partial charge on any atom is 0.332 e. The lowest BCUT2D eigenvalue weighted by Gasteiger charge is -2.09. The minimum absolute atomic E-state index is 0.112. The van der Waals surface area contributed by atoms with Crippen molar-refractivity contribution in [2.24, 2.45) is 14.1 Å². The van der Waals surface area contributed by atoms with Gasteiger partial charge in [-0.15, -0.1) is 0 Å². The predicted molar refractivity (Wildman–Crippen MR) is 98.8 cm³/mol. The Hall–Kier alpha value is -3.89. The summed E-state index contributed by atoms with van der Waals surface area (Å²) in [7, 11) is 4.34. The monoisotopic (exact) mass is 386 g/mol. The number of fused-ring (bicyclic) bond motifs is 1. The molecular weight excluding hydrogens is 368 g/mol. The largest absolute Gasteiger partial charge is 0.497 e. The number of hydrazine groups is 1. The number of amides is 2. The summed E-state index contributed by atoms with van der Waals surface area (Å²) in [5.74, 6) is -0.481. The Labute approximate surface area is 158 Å². The van der Waals surface area contributed by atoms with Crippen molar-refractivity contribution in [2.45, 2.75) is 6.54 Å². The Morgan fingerprint density at radius 2 is 1.75 bits per heavy atom. The normalized spacial score (nSPS) is 10.7. The Balaban J connectivity index is 1.72. The molecule has 11 heteroatoms. The van der Waals surface area contributed by atoms with Gasteiger partial charge in [0.15, 0.2) is 11.2 Å². The number of nitrogens with one attached hydrogen (secondary N) is 2. The van der Waals surface area contributed by atoms with Crippen molar-refractivity contribution in [2.75, 3.05) is 7.11 Å². The molecule has 28 heavy (non-hydrogen) atoms. The molecule has 2 aromatic heterocycles. The van der Waals surface area contributed by atoms with Crippen LogP contribution in [0, 0.1) is 0 Å². The van der Waals surface area contributed by atoms with Crippen LogP contribution in [-0.2, 0) is 25.4 Å². The molecule has 11 nitrogen and oxygen atoms in total. The van der Waals surface area contributed by atoms with Crippen molar-refractivity contribution in [3.05, 3.63) is 57.0 Å². The van der Waals surface area contributed by atoms with Gasteiger partial charge in [-0.25, -0.2) is 9.78 Å². The van der Waals surface area contributed by atoms with Crippen LogP contribution in [0.4, 0.5) is 0 Å². The highest BCUT2D eigenvalue weighted by molar-refractivity contribution is 5.95. The van der Waals surface area contributed by atoms with E-state index in [9.17, 15) is 19.2 Å². The Bertz CT molecular complexity index is 1170. The summed E-state index contributed by atoms with van der Waals surface area (Å²) >= 11 is 0. The lowest BCUT2D eigenvalue weighted by Crippen LogP contribution is -2.43. The van der Waals surface area contributed by atoms with Gasteiger partial charge >= 0.3 is 5.69 Å². The van der Waals surface area contributed by atoms with Gasteiger partial charge in [0.1, 0.15) is 12.3 Å². The topological polar surface area (TPSA) is 129 Å². The number of aromatic nitrogens is 4. The number of aryl methyl sites for hydroxylation is 1. The van der Waals surface area contributed by atoms with Crippen molar-refractivity contribution in [3.8, 4) is 5.75 Å². The molecule has 0 bridgehead atoms. The van der Waals surface area contributed by atoms with E-state index in [4.69, 9.17) is 4.74 Å². The molecule has 0 saturated carbocycles. The third-order valence-electron chi connectivity index (χ3n) is 4.20. The van der Waals surface area contributed by atoms with Gasteiger partial charge in [-0.2, -0.15) is 0 Å². The number of benzene rings is 1. The highest BCUT2D eigenvalue weighted by Gasteiger charge is 2.16. The first-order valence-corrected chi connectivity index (χ1v) is 8.17. The fourth-order valence-electron chi connectivity index (χ4n) is 2.65. The molecule has 0 aliphatic rings. The number of imidazole rings is 1. The Morgan fingerprint density at radius 1 is 1.07 bits per heavy atom. The highest BCUT2D eigenvalue weighted by Crippen LogP contribution is 2.10. The number of nitrogens with zero attached hydrogens (tertiary/aromatic N) is 4. The number of hydrogen-bond acceptors (Lipinski definition) is 6. The minimum Gasteiger partial charge on any atom is -0.497 e. The van der Waals surface area contributed by atoms with E-state index in [0.29, 0.717) is 11.3 Å². The van der Waals surface area contributed by atoms with Crippen molar-refractivity contribution in [3.63, 3.8) is 0 Å². The van der Waals surface area contributed by atoms with Crippen LogP contribution in [-0.4, -0.2) is 37.6 Å². The molecule has 146 valence electrons. The van der Waals surface area contributed by atoms with E-state index < -0.39 is 23.1 Å². The van der Waals surface area contributed by atoms with Gasteiger partial charge in [0.2, 0.25) is 0 Å². The van der Waals surface area contributed by atoms with Crippen LogP contribution in [0.25, 0.3) is 11.2 Å². The number of hydrogen-bond donors (Lipinski definition) is 2. The standard InChI is InChI=1S/C17H18N6O5/c1-21-14-13(16(26)22(2)17(21)27)23(9-18-14)8-12(24)19-20-15(25)10-4-6-11(28-3)7-5-10/h4-7,9H,8H2,1-3H3,(H,19,24)(H,20,25). The summed E-state index contributed by atoms with van der Waals surface area (Å²) in [6.07, 6.45) is 1.29. The van der Waals surface area contributed by atoms with Crippen LogP contribution >= 0.6 is 0 Å². The van der Waals surface area contributed by atoms with Crippen molar-refractivity contribution < 1.29 is 14.3 Å². The molecule has 0 saturated heterocycles. The van der Waals surface area contributed by atoms with Crippen LogP contribution in [0.15, 0.2) is 40.2 Å². The molecule has 0 radical (unpaired) electrons. The van der Waals surface area contributed by atoms with Crippen LogP contribution in [0.3, 0.4) is 0 Å². The van der Waals surface area contributed by atoms with Gasteiger partial charge < -0.3 is 9.30 Å². The zero-order valence-electron chi connectivity index (χ0n) is 15.4. The maximum absolute atomic E-state index is 12.3. The first-order valence-electron chi connectivity index (χ1n) is 8.17. The summed E-state index contributed by atoms with van der Waals surface area (Å²) in [4.78, 5) is 52.5. The molecule has 0 spiro atoms. The minimum atomic E-state index is -0.572. The van der Waals surface area contributed by atoms with E-state index in [1.165, 1.54) is 36.7 Å². The quantitative estimate of drug-likeness (QED) is 0.548. The molecule has 3 rings (SSSR count). The molecule has 0 aliphatic carbocycles. The summed E-state index contributed by atoms with van der Waals surface area (Å²) in [5.41, 5.74) is 4.10. The molecule has 2 amide bonds. The fourth-order valence-corrected chi connectivity index (χ4v) is 2.65. The van der Waals surface area contributed by atoms with Gasteiger partial charge in [0, 0.05) is 19.7 Å². The molecular formula is C17H18N6O5. The molecule has 0 aliphatic heterocycles. The van der Waals surface area contributed by atoms with E-state index in [2.05, 4.69) is 15.8 Å². The molecule has 2 heterocycles. The van der Waals surface area contributed by atoms with E-state index in [0.717, 1.165) is 4.57 Å². The second-order valence-electron chi connectivity index (χ2n) is 5.98. The third-order valence-corrected chi connectivity index (χ3v) is 4.20. The third kappa shape index (κ3) is 3.37. The molecule has 0 atom stereocenters. The number of ether oxygens (including phenoxy) is 1. The average molecular weight is 386 g/mol. The van der Waals surface area contributed by atoms with Crippen LogP contribution in [0.2, 0.25) is 0 Å². The van der Waals surface area contributed by atoms with Crippen molar-refractivity contribution >= 4 is 23.0 Å².